The molecule has 0 saturated heterocycles. The van der Waals surface area contributed by atoms with Crippen LogP contribution in [-0.2, 0) is 9.53 Å². The van der Waals surface area contributed by atoms with Crippen LogP contribution < -0.4 is 0 Å². The summed E-state index contributed by atoms with van der Waals surface area (Å²) in [5.74, 6) is -0.669. The molecule has 0 aliphatic heterocycles. The van der Waals surface area contributed by atoms with E-state index in [0.717, 1.165) is 0 Å². The summed E-state index contributed by atoms with van der Waals surface area (Å²) in [4.78, 5) is 23.2. The zero-order valence-corrected chi connectivity index (χ0v) is 10.9. The zero-order valence-electron chi connectivity index (χ0n) is 10.9. The molecule has 1 aromatic rings. The summed E-state index contributed by atoms with van der Waals surface area (Å²) in [7, 11) is 0. The number of carbonyl (C=O) groups excluding carboxylic acids is 2. The Morgan fingerprint density at radius 3 is 2.63 bits per heavy atom. The molecule has 0 atom stereocenters. The van der Waals surface area contributed by atoms with Crippen molar-refractivity contribution in [1.29, 1.82) is 0 Å². The lowest BCUT2D eigenvalue weighted by Gasteiger charge is -2.00. The predicted molar refractivity (Wildman–Crippen MR) is 73.8 cm³/mol. The van der Waals surface area contributed by atoms with Crippen LogP contribution in [0, 0.1) is 0 Å². The Bertz CT molecular complexity index is 520. The van der Waals surface area contributed by atoms with Gasteiger partial charge in [0.15, 0.2) is 5.78 Å². The highest BCUT2D eigenvalue weighted by Crippen LogP contribution is 2.01. The fourth-order valence-corrected chi connectivity index (χ4v) is 1.26. The molecule has 0 aromatic heterocycles. The summed E-state index contributed by atoms with van der Waals surface area (Å²) in [6, 6.07) is 8.80. The Morgan fingerprint density at radius 2 is 2.00 bits per heavy atom. The van der Waals surface area contributed by atoms with Crippen molar-refractivity contribution >= 4 is 11.8 Å². The van der Waals surface area contributed by atoms with Gasteiger partial charge in [0.1, 0.15) is 0 Å². The molecular formula is C16H16O3. The van der Waals surface area contributed by atoms with Crippen molar-refractivity contribution in [3.05, 3.63) is 65.9 Å². The second kappa shape index (κ2) is 7.85. The quantitative estimate of drug-likeness (QED) is 0.196. The Labute approximate surface area is 112 Å². The molecule has 19 heavy (non-hydrogen) atoms. The van der Waals surface area contributed by atoms with Crippen molar-refractivity contribution in [3.8, 4) is 0 Å². The van der Waals surface area contributed by atoms with E-state index in [4.69, 9.17) is 4.74 Å². The highest BCUT2D eigenvalue weighted by Gasteiger charge is 2.04. The van der Waals surface area contributed by atoms with E-state index in [1.807, 2.05) is 6.07 Å². The highest BCUT2D eigenvalue weighted by atomic mass is 16.5. The third-order valence-electron chi connectivity index (χ3n) is 2.34. The smallest absolute Gasteiger partial charge is 0.341 e. The number of hydrogen-bond donors (Lipinski definition) is 0. The van der Waals surface area contributed by atoms with Crippen LogP contribution in [0.1, 0.15) is 23.7 Å². The molecule has 98 valence electrons. The summed E-state index contributed by atoms with van der Waals surface area (Å²) >= 11 is 0. The molecule has 0 amide bonds. The van der Waals surface area contributed by atoms with E-state index in [1.165, 1.54) is 6.08 Å². The number of ether oxygens (including phenoxy) is 1. The van der Waals surface area contributed by atoms with Gasteiger partial charge in [-0.25, -0.2) is 4.79 Å². The molecule has 0 fully saturated rings. The monoisotopic (exact) mass is 256 g/mol. The van der Waals surface area contributed by atoms with Crippen LogP contribution in [0.15, 0.2) is 60.4 Å². The second-order valence-electron chi connectivity index (χ2n) is 3.86. The number of esters is 1. The van der Waals surface area contributed by atoms with E-state index in [9.17, 15) is 9.59 Å². The van der Waals surface area contributed by atoms with Gasteiger partial charge in [0, 0.05) is 11.6 Å². The van der Waals surface area contributed by atoms with Crippen LogP contribution in [0.25, 0.3) is 0 Å². The van der Waals surface area contributed by atoms with Gasteiger partial charge in [0.25, 0.3) is 0 Å². The minimum absolute atomic E-state index is 0.196. The lowest BCUT2D eigenvalue weighted by atomic mass is 10.1. The van der Waals surface area contributed by atoms with Gasteiger partial charge < -0.3 is 4.74 Å². The van der Waals surface area contributed by atoms with Gasteiger partial charge in [0.05, 0.1) is 12.2 Å². The average molecular weight is 256 g/mol. The molecule has 0 unspecified atom stereocenters. The molecule has 0 bridgehead atoms. The van der Waals surface area contributed by atoms with Gasteiger partial charge in [-0.2, -0.15) is 0 Å². The molecular weight excluding hydrogens is 240 g/mol. The number of rotatable bonds is 6. The van der Waals surface area contributed by atoms with Crippen molar-refractivity contribution in [2.45, 2.75) is 13.3 Å². The van der Waals surface area contributed by atoms with E-state index in [2.05, 4.69) is 12.3 Å². The van der Waals surface area contributed by atoms with E-state index in [-0.39, 0.29) is 18.0 Å². The van der Waals surface area contributed by atoms with Crippen molar-refractivity contribution in [3.63, 3.8) is 0 Å². The molecule has 1 rings (SSSR count). The number of hydrogen-bond acceptors (Lipinski definition) is 3. The second-order valence-corrected chi connectivity index (χ2v) is 3.86. The van der Waals surface area contributed by atoms with Gasteiger partial charge in [-0.1, -0.05) is 36.4 Å². The van der Waals surface area contributed by atoms with Crippen molar-refractivity contribution in [1.82, 2.24) is 0 Å². The molecule has 0 spiro atoms. The van der Waals surface area contributed by atoms with Crippen LogP contribution in [0.5, 0.6) is 0 Å². The Balaban J connectivity index is 2.67. The maximum Gasteiger partial charge on any atom is 0.341 e. The number of ketones is 1. The van der Waals surface area contributed by atoms with Crippen LogP contribution in [0.3, 0.4) is 0 Å². The zero-order chi connectivity index (χ0) is 14.1. The SMILES string of the molecule is C=CCCOC(=O)C(C)=C=CC(=O)c1ccccc1. The van der Waals surface area contributed by atoms with Gasteiger partial charge in [-0.15, -0.1) is 12.3 Å². The number of benzene rings is 1. The van der Waals surface area contributed by atoms with Gasteiger partial charge in [-0.3, -0.25) is 4.79 Å². The Kier molecular flexibility index (Phi) is 6.07. The molecule has 0 radical (unpaired) electrons. The largest absolute Gasteiger partial charge is 0.462 e. The van der Waals surface area contributed by atoms with Gasteiger partial charge >= 0.3 is 5.97 Å². The minimum Gasteiger partial charge on any atom is -0.462 e. The molecule has 3 nitrogen and oxygen atoms in total. The standard InChI is InChI=1S/C16H16O3/c1-3-4-12-19-16(18)13(2)10-11-15(17)14-8-6-5-7-9-14/h3,5-9,11H,1,4,12H2,2H3. The molecule has 0 saturated carbocycles. The molecule has 3 heteroatoms. The molecule has 0 aliphatic rings. The van der Waals surface area contributed by atoms with Crippen LogP contribution >= 0.6 is 0 Å². The summed E-state index contributed by atoms with van der Waals surface area (Å²) in [5.41, 5.74) is 3.48. The average Bonchev–Trinajstić information content (AvgIpc) is 2.45. The molecule has 1 aromatic carbocycles. The third-order valence-corrected chi connectivity index (χ3v) is 2.34. The molecule has 0 N–H and O–H groups in total. The van der Waals surface area contributed by atoms with E-state index < -0.39 is 5.97 Å². The normalized spacial score (nSPS) is 9.11. The fraction of sp³-hybridized carbons (Fsp3) is 0.188. The third kappa shape index (κ3) is 5.19. The Morgan fingerprint density at radius 1 is 1.32 bits per heavy atom. The summed E-state index contributed by atoms with van der Waals surface area (Å²) in [6.07, 6.45) is 3.52. The first-order valence-electron chi connectivity index (χ1n) is 5.96. The van der Waals surface area contributed by atoms with E-state index in [1.54, 1.807) is 37.3 Å². The highest BCUT2D eigenvalue weighted by molar-refractivity contribution is 6.04. The van der Waals surface area contributed by atoms with Crippen molar-refractivity contribution in [2.24, 2.45) is 0 Å². The van der Waals surface area contributed by atoms with Crippen molar-refractivity contribution < 1.29 is 14.3 Å². The first kappa shape index (κ1) is 14.7. The first-order chi connectivity index (χ1) is 9.15. The fourth-order valence-electron chi connectivity index (χ4n) is 1.26. The summed E-state index contributed by atoms with van der Waals surface area (Å²) in [5, 5.41) is 0. The summed E-state index contributed by atoms with van der Waals surface area (Å²) in [6.45, 7) is 5.38. The molecule has 0 aliphatic carbocycles. The van der Waals surface area contributed by atoms with Crippen LogP contribution in [0.4, 0.5) is 0 Å². The van der Waals surface area contributed by atoms with Gasteiger partial charge in [-0.05, 0) is 13.3 Å². The van der Waals surface area contributed by atoms with Gasteiger partial charge in [0.2, 0.25) is 0 Å². The van der Waals surface area contributed by atoms with Crippen molar-refractivity contribution in [2.75, 3.05) is 6.61 Å². The van der Waals surface area contributed by atoms with Crippen LogP contribution in [0.2, 0.25) is 0 Å². The lowest BCUT2D eigenvalue weighted by Crippen LogP contribution is -2.06. The Hall–Kier alpha value is -2.38. The number of carbonyl (C=O) groups is 2. The summed E-state index contributed by atoms with van der Waals surface area (Å²) < 4.78 is 4.94. The molecule has 0 heterocycles. The maximum absolute atomic E-state index is 11.7. The van der Waals surface area contributed by atoms with E-state index >= 15 is 0 Å². The van der Waals surface area contributed by atoms with Crippen LogP contribution in [-0.4, -0.2) is 18.4 Å². The maximum atomic E-state index is 11.7. The predicted octanol–water partition coefficient (Wildman–Crippen LogP) is 3.09. The lowest BCUT2D eigenvalue weighted by molar-refractivity contribution is -0.138. The topological polar surface area (TPSA) is 43.4 Å². The minimum atomic E-state index is -0.473. The first-order valence-corrected chi connectivity index (χ1v) is 5.96. The van der Waals surface area contributed by atoms with E-state index in [0.29, 0.717) is 12.0 Å².